The van der Waals surface area contributed by atoms with Crippen LogP contribution in [0.5, 0.6) is 0 Å². The number of aryl methyl sites for hydroxylation is 1. The number of allylic oxidation sites excluding steroid dienone is 1. The van der Waals surface area contributed by atoms with Gasteiger partial charge in [0, 0.05) is 17.1 Å². The molecule has 0 N–H and O–H groups in total. The molecule has 0 saturated carbocycles. The predicted molar refractivity (Wildman–Crippen MR) is 142 cm³/mol. The topological polar surface area (TPSA) is 65.6 Å². The van der Waals surface area contributed by atoms with Crippen molar-refractivity contribution in [3.8, 4) is 5.69 Å². The Morgan fingerprint density at radius 1 is 1.11 bits per heavy atom. The van der Waals surface area contributed by atoms with Crippen LogP contribution in [0.4, 0.5) is 4.39 Å². The molecule has 0 spiro atoms. The summed E-state index contributed by atoms with van der Waals surface area (Å²) < 4.78 is 22.9. The van der Waals surface area contributed by atoms with Crippen LogP contribution < -0.4 is 14.9 Å². The van der Waals surface area contributed by atoms with E-state index in [1.807, 2.05) is 60.9 Å². The number of carbonyl (C=O) groups is 1. The number of ether oxygens (including phenoxy) is 1. The van der Waals surface area contributed by atoms with Crippen molar-refractivity contribution < 1.29 is 13.9 Å². The third-order valence-electron chi connectivity index (χ3n) is 6.47. The monoisotopic (exact) mass is 515 g/mol. The summed E-state index contributed by atoms with van der Waals surface area (Å²) in [6, 6.07) is 17.1. The van der Waals surface area contributed by atoms with Gasteiger partial charge in [0.1, 0.15) is 5.82 Å². The fourth-order valence-corrected chi connectivity index (χ4v) is 5.84. The normalized spacial score (nSPS) is 15.5. The number of nitrogens with zero attached hydrogens (tertiary/aromatic N) is 3. The first-order chi connectivity index (χ1) is 17.8. The molecular weight excluding hydrogens is 489 g/mol. The van der Waals surface area contributed by atoms with Gasteiger partial charge < -0.3 is 9.30 Å². The van der Waals surface area contributed by atoms with E-state index in [4.69, 9.17) is 4.74 Å². The van der Waals surface area contributed by atoms with E-state index in [0.29, 0.717) is 20.6 Å². The van der Waals surface area contributed by atoms with Gasteiger partial charge in [0.2, 0.25) is 0 Å². The zero-order chi connectivity index (χ0) is 26.3. The maximum absolute atomic E-state index is 13.8. The van der Waals surface area contributed by atoms with Gasteiger partial charge in [0.15, 0.2) is 4.80 Å². The average Bonchev–Trinajstić information content (AvgIpc) is 3.33. The molecule has 188 valence electrons. The Morgan fingerprint density at radius 2 is 1.81 bits per heavy atom. The van der Waals surface area contributed by atoms with Crippen molar-refractivity contribution in [2.45, 2.75) is 33.7 Å². The van der Waals surface area contributed by atoms with Crippen LogP contribution in [0.25, 0.3) is 11.8 Å². The van der Waals surface area contributed by atoms with E-state index in [1.165, 1.54) is 23.5 Å². The molecule has 37 heavy (non-hydrogen) atoms. The van der Waals surface area contributed by atoms with E-state index in [9.17, 15) is 14.0 Å². The number of rotatable bonds is 5. The second-order valence-electron chi connectivity index (χ2n) is 8.85. The second-order valence-corrected chi connectivity index (χ2v) is 9.86. The highest BCUT2D eigenvalue weighted by molar-refractivity contribution is 7.07. The minimum Gasteiger partial charge on any atom is -0.463 e. The van der Waals surface area contributed by atoms with Gasteiger partial charge in [-0.3, -0.25) is 9.36 Å². The Bertz CT molecular complexity index is 1710. The Labute approximate surface area is 217 Å². The van der Waals surface area contributed by atoms with Gasteiger partial charge >= 0.3 is 5.97 Å². The van der Waals surface area contributed by atoms with Crippen molar-refractivity contribution in [2.75, 3.05) is 6.61 Å². The lowest BCUT2D eigenvalue weighted by molar-refractivity contribution is -0.139. The third-order valence-corrected chi connectivity index (χ3v) is 7.46. The molecule has 1 aliphatic heterocycles. The molecule has 3 heterocycles. The van der Waals surface area contributed by atoms with Crippen LogP contribution in [-0.2, 0) is 9.53 Å². The molecule has 1 aliphatic rings. The van der Waals surface area contributed by atoms with E-state index in [0.717, 1.165) is 28.2 Å². The van der Waals surface area contributed by atoms with Crippen molar-refractivity contribution in [3.05, 3.63) is 120 Å². The smallest absolute Gasteiger partial charge is 0.338 e. The number of aromatic nitrogens is 2. The SMILES string of the molecule is CCOC(=O)C1=C(C)N=c2s/c(=C/c3cc(C)n(-c4ccc(F)cc4)c3C)c(=O)n2C1c1ccccc1. The van der Waals surface area contributed by atoms with Gasteiger partial charge in [-0.25, -0.2) is 14.2 Å². The van der Waals surface area contributed by atoms with Crippen molar-refractivity contribution in [3.63, 3.8) is 0 Å². The molecule has 0 radical (unpaired) electrons. The number of benzene rings is 2. The van der Waals surface area contributed by atoms with Gasteiger partial charge in [-0.2, -0.15) is 0 Å². The highest BCUT2D eigenvalue weighted by atomic mass is 32.1. The van der Waals surface area contributed by atoms with Gasteiger partial charge in [0.05, 0.1) is 28.5 Å². The second kappa shape index (κ2) is 9.78. The molecule has 0 aliphatic carbocycles. The van der Waals surface area contributed by atoms with Crippen molar-refractivity contribution >= 4 is 23.4 Å². The van der Waals surface area contributed by atoms with Crippen molar-refractivity contribution in [1.29, 1.82) is 0 Å². The molecule has 6 nitrogen and oxygen atoms in total. The molecule has 0 saturated heterocycles. The fraction of sp³-hybridized carbons (Fsp3) is 0.207. The molecule has 0 fully saturated rings. The minimum atomic E-state index is -0.634. The fourth-order valence-electron chi connectivity index (χ4n) is 4.80. The molecule has 8 heteroatoms. The van der Waals surface area contributed by atoms with Crippen LogP contribution in [-0.4, -0.2) is 21.7 Å². The quantitative estimate of drug-likeness (QED) is 0.372. The summed E-state index contributed by atoms with van der Waals surface area (Å²) >= 11 is 1.29. The standard InChI is InChI=1S/C29H26FN3O3S/c1-5-36-28(35)25-18(3)31-29-33(26(25)20-9-7-6-8-10-20)27(34)24(37-29)16-21-15-17(2)32(19(21)4)23-13-11-22(30)12-14-23/h6-16,26H,5H2,1-4H3/b24-16+. The van der Waals surface area contributed by atoms with Gasteiger partial charge in [-0.1, -0.05) is 41.7 Å². The molecule has 1 unspecified atom stereocenters. The molecular formula is C29H26FN3O3S. The molecule has 0 amide bonds. The van der Waals surface area contributed by atoms with Crippen LogP contribution in [0.2, 0.25) is 0 Å². The summed E-state index contributed by atoms with van der Waals surface area (Å²) in [5.41, 5.74) is 5.10. The van der Waals surface area contributed by atoms with Crippen molar-refractivity contribution in [2.24, 2.45) is 4.99 Å². The van der Waals surface area contributed by atoms with Gasteiger partial charge in [-0.05, 0) is 75.2 Å². The highest BCUT2D eigenvalue weighted by Gasteiger charge is 2.33. The molecule has 2 aromatic heterocycles. The van der Waals surface area contributed by atoms with E-state index >= 15 is 0 Å². The zero-order valence-electron chi connectivity index (χ0n) is 21.0. The largest absolute Gasteiger partial charge is 0.463 e. The summed E-state index contributed by atoms with van der Waals surface area (Å²) in [6.45, 7) is 7.69. The lowest BCUT2D eigenvalue weighted by Gasteiger charge is -2.24. The first-order valence-corrected chi connectivity index (χ1v) is 12.8. The summed E-state index contributed by atoms with van der Waals surface area (Å²) in [4.78, 5) is 31.9. The number of hydrogen-bond donors (Lipinski definition) is 0. The maximum Gasteiger partial charge on any atom is 0.338 e. The van der Waals surface area contributed by atoms with Gasteiger partial charge in [-0.15, -0.1) is 0 Å². The average molecular weight is 516 g/mol. The Hall–Kier alpha value is -4.04. The van der Waals surface area contributed by atoms with E-state index in [1.54, 1.807) is 30.5 Å². The third kappa shape index (κ3) is 4.38. The van der Waals surface area contributed by atoms with Crippen LogP contribution in [0, 0.1) is 19.7 Å². The molecule has 5 rings (SSSR count). The lowest BCUT2D eigenvalue weighted by Crippen LogP contribution is -2.39. The summed E-state index contributed by atoms with van der Waals surface area (Å²) in [7, 11) is 0. The number of halogens is 1. The first-order valence-electron chi connectivity index (χ1n) is 12.0. The number of esters is 1. The molecule has 1 atom stereocenters. The molecule has 0 bridgehead atoms. The zero-order valence-corrected chi connectivity index (χ0v) is 21.8. The van der Waals surface area contributed by atoms with Gasteiger partial charge in [0.25, 0.3) is 5.56 Å². The lowest BCUT2D eigenvalue weighted by atomic mass is 9.96. The van der Waals surface area contributed by atoms with Crippen LogP contribution in [0.15, 0.2) is 81.7 Å². The Balaban J connectivity index is 1.68. The summed E-state index contributed by atoms with van der Waals surface area (Å²) in [5.74, 6) is -0.771. The first kappa shape index (κ1) is 24.6. The maximum atomic E-state index is 13.8. The van der Waals surface area contributed by atoms with Crippen LogP contribution in [0.1, 0.15) is 42.4 Å². The highest BCUT2D eigenvalue weighted by Crippen LogP contribution is 2.30. The van der Waals surface area contributed by atoms with E-state index in [2.05, 4.69) is 4.99 Å². The van der Waals surface area contributed by atoms with Crippen LogP contribution >= 0.6 is 11.3 Å². The number of thiazole rings is 1. The van der Waals surface area contributed by atoms with Crippen molar-refractivity contribution in [1.82, 2.24) is 9.13 Å². The Kier molecular flexibility index (Phi) is 6.52. The van der Waals surface area contributed by atoms with E-state index in [-0.39, 0.29) is 18.0 Å². The number of fused-ring (bicyclic) bond motifs is 1. The summed E-state index contributed by atoms with van der Waals surface area (Å²) in [5, 5.41) is 0. The Morgan fingerprint density at radius 3 is 2.49 bits per heavy atom. The van der Waals surface area contributed by atoms with Crippen LogP contribution in [0.3, 0.4) is 0 Å². The van der Waals surface area contributed by atoms with E-state index < -0.39 is 12.0 Å². The number of carbonyl (C=O) groups excluding carboxylic acids is 1. The molecule has 2 aromatic carbocycles. The summed E-state index contributed by atoms with van der Waals surface area (Å²) in [6.07, 6.45) is 1.86. The minimum absolute atomic E-state index is 0.224. The molecule has 4 aromatic rings. The predicted octanol–water partition coefficient (Wildman–Crippen LogP) is 4.34. The number of hydrogen-bond acceptors (Lipinski definition) is 5.